The molecule has 0 saturated carbocycles. The smallest absolute Gasteiger partial charge is 0.324 e. The average molecular weight is 421 g/mol. The fourth-order valence-electron chi connectivity index (χ4n) is 2.64. The van der Waals surface area contributed by atoms with Crippen LogP contribution in [0.1, 0.15) is 16.1 Å². The average Bonchev–Trinajstić information content (AvgIpc) is 3.30. The summed E-state index contributed by atoms with van der Waals surface area (Å²) in [6.07, 6.45) is 0.755. The van der Waals surface area contributed by atoms with E-state index in [0.29, 0.717) is 22.3 Å². The van der Waals surface area contributed by atoms with Gasteiger partial charge in [0, 0.05) is 18.7 Å². The number of ether oxygens (including phenoxy) is 1. The van der Waals surface area contributed by atoms with Crippen molar-refractivity contribution in [3.63, 3.8) is 0 Å². The van der Waals surface area contributed by atoms with Gasteiger partial charge in [-0.15, -0.1) is 0 Å². The highest BCUT2D eigenvalue weighted by molar-refractivity contribution is 7.22. The number of anilines is 1. The van der Waals surface area contributed by atoms with Crippen molar-refractivity contribution in [2.24, 2.45) is 0 Å². The minimum atomic E-state index is -0.484. The Kier molecular flexibility index (Phi) is 6.22. The van der Waals surface area contributed by atoms with Crippen LogP contribution in [0.15, 0.2) is 30.3 Å². The molecule has 0 atom stereocenters. The van der Waals surface area contributed by atoms with Crippen molar-refractivity contribution in [2.45, 2.75) is 6.42 Å². The molecule has 0 unspecified atom stereocenters. The first-order chi connectivity index (χ1) is 13.4. The lowest BCUT2D eigenvalue weighted by atomic mass is 10.3. The minimum Gasteiger partial charge on any atom is -0.497 e. The summed E-state index contributed by atoms with van der Waals surface area (Å²) in [6.45, 7) is 1.28. The van der Waals surface area contributed by atoms with Crippen LogP contribution in [0.2, 0.25) is 0 Å². The molecule has 0 aliphatic carbocycles. The fraction of sp³-hybridized carbons (Fsp3) is 0.333. The number of nitrogens with zero attached hydrogens (tertiary/aromatic N) is 4. The van der Waals surface area contributed by atoms with Crippen molar-refractivity contribution < 1.29 is 14.5 Å². The monoisotopic (exact) mass is 420 g/mol. The topological polar surface area (TPSA) is 88.8 Å². The van der Waals surface area contributed by atoms with Crippen LogP contribution in [0.3, 0.4) is 0 Å². The molecule has 0 radical (unpaired) electrons. The fourth-order valence-corrected chi connectivity index (χ4v) is 4.38. The third kappa shape index (κ3) is 4.46. The van der Waals surface area contributed by atoms with Crippen LogP contribution in [0.5, 0.6) is 5.75 Å². The van der Waals surface area contributed by atoms with Gasteiger partial charge in [0.1, 0.15) is 5.75 Å². The number of nitro groups is 1. The van der Waals surface area contributed by atoms with Crippen molar-refractivity contribution in [3.8, 4) is 5.75 Å². The zero-order chi connectivity index (χ0) is 20.3. The second-order valence-electron chi connectivity index (χ2n) is 6.34. The number of benzene rings is 1. The van der Waals surface area contributed by atoms with E-state index in [1.807, 2.05) is 37.2 Å². The summed E-state index contributed by atoms with van der Waals surface area (Å²) < 4.78 is 6.18. The van der Waals surface area contributed by atoms with Gasteiger partial charge < -0.3 is 9.64 Å². The number of rotatable bonds is 8. The van der Waals surface area contributed by atoms with Crippen LogP contribution in [0, 0.1) is 10.1 Å². The van der Waals surface area contributed by atoms with E-state index in [9.17, 15) is 14.9 Å². The van der Waals surface area contributed by atoms with E-state index in [0.717, 1.165) is 34.5 Å². The molecule has 1 aromatic carbocycles. The van der Waals surface area contributed by atoms with Gasteiger partial charge in [-0.3, -0.25) is 19.8 Å². The molecule has 3 aromatic rings. The zero-order valence-corrected chi connectivity index (χ0v) is 17.4. The van der Waals surface area contributed by atoms with Gasteiger partial charge in [0.2, 0.25) is 0 Å². The number of methoxy groups -OCH3 is 1. The normalized spacial score (nSPS) is 11.1. The number of amides is 1. The van der Waals surface area contributed by atoms with Gasteiger partial charge in [0.25, 0.3) is 5.91 Å². The summed E-state index contributed by atoms with van der Waals surface area (Å²) >= 11 is 2.30. The second-order valence-corrected chi connectivity index (χ2v) is 8.41. The van der Waals surface area contributed by atoms with Gasteiger partial charge in [-0.25, -0.2) is 4.98 Å². The highest BCUT2D eigenvalue weighted by Crippen LogP contribution is 2.33. The van der Waals surface area contributed by atoms with Crippen molar-refractivity contribution >= 4 is 48.9 Å². The van der Waals surface area contributed by atoms with Crippen LogP contribution in [-0.4, -0.2) is 55.0 Å². The van der Waals surface area contributed by atoms with Gasteiger partial charge in [-0.2, -0.15) is 0 Å². The number of carbonyl (C=O) groups excluding carboxylic acids is 1. The Balaban J connectivity index is 1.93. The first kappa shape index (κ1) is 20.2. The summed E-state index contributed by atoms with van der Waals surface area (Å²) in [4.78, 5) is 32.2. The van der Waals surface area contributed by atoms with Gasteiger partial charge in [-0.1, -0.05) is 22.7 Å². The number of thiazole rings is 1. The lowest BCUT2D eigenvalue weighted by Gasteiger charge is -2.20. The van der Waals surface area contributed by atoms with E-state index >= 15 is 0 Å². The molecule has 0 fully saturated rings. The van der Waals surface area contributed by atoms with E-state index in [2.05, 4.69) is 4.98 Å². The third-order valence-electron chi connectivity index (χ3n) is 4.03. The van der Waals surface area contributed by atoms with Gasteiger partial charge in [0.15, 0.2) is 5.13 Å². The summed E-state index contributed by atoms with van der Waals surface area (Å²) in [5, 5.41) is 11.5. The quantitative estimate of drug-likeness (QED) is 0.406. The maximum Gasteiger partial charge on any atom is 0.324 e. The lowest BCUT2D eigenvalue weighted by Crippen LogP contribution is -2.32. The molecule has 2 heterocycles. The highest BCUT2D eigenvalue weighted by atomic mass is 32.1. The highest BCUT2D eigenvalue weighted by Gasteiger charge is 2.24. The molecule has 10 heteroatoms. The summed E-state index contributed by atoms with van der Waals surface area (Å²) in [7, 11) is 5.53. The Hall–Kier alpha value is -2.56. The standard InChI is InChI=1S/C18H20N4O4S2/c1-20(2)9-4-10-21(17(23)15-7-8-16(27-15)22(24)25)18-19-13-11-12(26-3)5-6-14(13)28-18/h5-8,11H,4,9-10H2,1-3H3. The molecule has 28 heavy (non-hydrogen) atoms. The Morgan fingerprint density at radius 3 is 2.64 bits per heavy atom. The Morgan fingerprint density at radius 2 is 2.00 bits per heavy atom. The predicted molar refractivity (Wildman–Crippen MR) is 112 cm³/mol. The maximum atomic E-state index is 13.1. The summed E-state index contributed by atoms with van der Waals surface area (Å²) in [6, 6.07) is 8.45. The first-order valence-corrected chi connectivity index (χ1v) is 10.2. The largest absolute Gasteiger partial charge is 0.497 e. The number of carbonyl (C=O) groups is 1. The lowest BCUT2D eigenvalue weighted by molar-refractivity contribution is -0.380. The van der Waals surface area contributed by atoms with E-state index in [1.54, 1.807) is 12.0 Å². The second kappa shape index (κ2) is 8.63. The van der Waals surface area contributed by atoms with Crippen LogP contribution in [0.25, 0.3) is 10.2 Å². The van der Waals surface area contributed by atoms with Crippen LogP contribution < -0.4 is 9.64 Å². The molecule has 148 valence electrons. The van der Waals surface area contributed by atoms with Crippen molar-refractivity contribution in [3.05, 3.63) is 45.3 Å². The molecule has 0 bridgehead atoms. The Bertz CT molecular complexity index is 999. The molecule has 8 nitrogen and oxygen atoms in total. The van der Waals surface area contributed by atoms with Gasteiger partial charge >= 0.3 is 5.00 Å². The first-order valence-electron chi connectivity index (χ1n) is 8.54. The SMILES string of the molecule is COc1ccc2sc(N(CCCN(C)C)C(=O)c3ccc([N+](=O)[O-])s3)nc2c1. The molecule has 0 spiro atoms. The number of thiophene rings is 1. The van der Waals surface area contributed by atoms with E-state index in [-0.39, 0.29) is 10.9 Å². The van der Waals surface area contributed by atoms with Crippen LogP contribution >= 0.6 is 22.7 Å². The van der Waals surface area contributed by atoms with E-state index in [4.69, 9.17) is 4.74 Å². The molecule has 0 aliphatic heterocycles. The van der Waals surface area contributed by atoms with Crippen molar-refractivity contribution in [1.82, 2.24) is 9.88 Å². The molecule has 2 aromatic heterocycles. The van der Waals surface area contributed by atoms with Gasteiger partial charge in [0.05, 0.1) is 27.1 Å². The molecule has 1 amide bonds. The van der Waals surface area contributed by atoms with Crippen molar-refractivity contribution in [1.29, 1.82) is 0 Å². The zero-order valence-electron chi connectivity index (χ0n) is 15.7. The Morgan fingerprint density at radius 1 is 1.21 bits per heavy atom. The number of hydrogen-bond acceptors (Lipinski definition) is 8. The summed E-state index contributed by atoms with van der Waals surface area (Å²) in [5.41, 5.74) is 0.752. The number of hydrogen-bond donors (Lipinski definition) is 0. The van der Waals surface area contributed by atoms with Crippen LogP contribution in [0.4, 0.5) is 10.1 Å². The molecule has 0 aliphatic rings. The van der Waals surface area contributed by atoms with E-state index in [1.165, 1.54) is 23.5 Å². The third-order valence-corrected chi connectivity index (χ3v) is 6.11. The molecule has 3 rings (SSSR count). The molecule has 0 saturated heterocycles. The number of fused-ring (bicyclic) bond motifs is 1. The van der Waals surface area contributed by atoms with Crippen LogP contribution in [-0.2, 0) is 0 Å². The van der Waals surface area contributed by atoms with Gasteiger partial charge in [-0.05, 0) is 45.3 Å². The predicted octanol–water partition coefficient (Wildman–Crippen LogP) is 3.87. The molecular formula is C18H20N4O4S2. The molecule has 0 N–H and O–H groups in total. The Labute approximate surface area is 170 Å². The number of aromatic nitrogens is 1. The molecular weight excluding hydrogens is 400 g/mol. The maximum absolute atomic E-state index is 13.1. The van der Waals surface area contributed by atoms with E-state index < -0.39 is 4.92 Å². The summed E-state index contributed by atoms with van der Waals surface area (Å²) in [5.74, 6) is 0.423. The van der Waals surface area contributed by atoms with Crippen molar-refractivity contribution in [2.75, 3.05) is 39.2 Å². The minimum absolute atomic E-state index is 0.0503.